The highest BCUT2D eigenvalue weighted by molar-refractivity contribution is 5.94. The van der Waals surface area contributed by atoms with E-state index in [0.29, 0.717) is 12.1 Å². The fourth-order valence-corrected chi connectivity index (χ4v) is 2.64. The van der Waals surface area contributed by atoms with Crippen molar-refractivity contribution in [1.29, 1.82) is 0 Å². The van der Waals surface area contributed by atoms with Crippen LogP contribution >= 0.6 is 0 Å². The lowest BCUT2D eigenvalue weighted by molar-refractivity contribution is -0.137. The summed E-state index contributed by atoms with van der Waals surface area (Å²) in [6.45, 7) is 2.80. The zero-order valence-electron chi connectivity index (χ0n) is 14.3. The second-order valence-electron chi connectivity index (χ2n) is 5.84. The number of benzene rings is 2. The van der Waals surface area contributed by atoms with E-state index in [-0.39, 0.29) is 19.0 Å². The average Bonchev–Trinajstić information content (AvgIpc) is 2.56. The molecule has 2 aromatic rings. The van der Waals surface area contributed by atoms with Gasteiger partial charge in [-0.3, -0.25) is 9.69 Å². The number of para-hydroxylation sites is 1. The normalized spacial score (nSPS) is 11.6. The van der Waals surface area contributed by atoms with E-state index in [9.17, 15) is 18.0 Å². The van der Waals surface area contributed by atoms with Crippen molar-refractivity contribution in [1.82, 2.24) is 4.90 Å². The minimum Gasteiger partial charge on any atom is -0.312 e. The molecule has 0 aliphatic carbocycles. The number of hydrogen-bond donors (Lipinski definition) is 0. The number of likely N-dealkylation sites (N-methyl/N-ethyl adjacent to an activating group) is 2. The number of hydrogen-bond acceptors (Lipinski definition) is 2. The third kappa shape index (κ3) is 5.32. The van der Waals surface area contributed by atoms with Crippen LogP contribution in [-0.2, 0) is 17.5 Å². The van der Waals surface area contributed by atoms with Gasteiger partial charge in [0.2, 0.25) is 5.91 Å². The van der Waals surface area contributed by atoms with Gasteiger partial charge in [-0.1, -0.05) is 36.4 Å². The summed E-state index contributed by atoms with van der Waals surface area (Å²) in [5.41, 5.74) is 0.652. The van der Waals surface area contributed by atoms with E-state index in [4.69, 9.17) is 0 Å². The number of rotatable bonds is 6. The Morgan fingerprint density at radius 3 is 2.32 bits per heavy atom. The lowest BCUT2D eigenvalue weighted by Gasteiger charge is -2.24. The van der Waals surface area contributed by atoms with E-state index in [1.165, 1.54) is 6.07 Å². The maximum absolute atomic E-state index is 12.8. The number of amides is 1. The minimum atomic E-state index is -4.36. The van der Waals surface area contributed by atoms with Crippen LogP contribution in [0.1, 0.15) is 18.1 Å². The molecule has 0 saturated heterocycles. The Hall–Kier alpha value is -2.34. The average molecular weight is 350 g/mol. The van der Waals surface area contributed by atoms with Gasteiger partial charge in [-0.2, -0.15) is 13.2 Å². The van der Waals surface area contributed by atoms with Crippen LogP contribution in [0.2, 0.25) is 0 Å². The van der Waals surface area contributed by atoms with Crippen molar-refractivity contribution >= 4 is 11.6 Å². The molecule has 0 bridgehead atoms. The number of carbonyl (C=O) groups excluding carboxylic acids is 1. The summed E-state index contributed by atoms with van der Waals surface area (Å²) in [5.74, 6) is -0.0943. The van der Waals surface area contributed by atoms with E-state index in [2.05, 4.69) is 0 Å². The Kier molecular flexibility index (Phi) is 6.20. The lowest BCUT2D eigenvalue weighted by Crippen LogP contribution is -2.38. The Bertz CT molecular complexity index is 701. The molecule has 0 saturated carbocycles. The Morgan fingerprint density at radius 2 is 1.72 bits per heavy atom. The van der Waals surface area contributed by atoms with Gasteiger partial charge in [0.05, 0.1) is 12.1 Å². The van der Waals surface area contributed by atoms with Gasteiger partial charge in [0.15, 0.2) is 0 Å². The molecule has 0 heterocycles. The van der Waals surface area contributed by atoms with Gasteiger partial charge >= 0.3 is 6.18 Å². The zero-order chi connectivity index (χ0) is 18.4. The first-order valence-electron chi connectivity index (χ1n) is 8.01. The van der Waals surface area contributed by atoms with Crippen molar-refractivity contribution in [3.05, 3.63) is 65.7 Å². The van der Waals surface area contributed by atoms with Crippen molar-refractivity contribution in [2.75, 3.05) is 25.0 Å². The van der Waals surface area contributed by atoms with Crippen LogP contribution in [0.4, 0.5) is 18.9 Å². The van der Waals surface area contributed by atoms with Crippen LogP contribution in [0.5, 0.6) is 0 Å². The van der Waals surface area contributed by atoms with Crippen molar-refractivity contribution in [2.45, 2.75) is 19.6 Å². The monoisotopic (exact) mass is 350 g/mol. The molecule has 1 amide bonds. The van der Waals surface area contributed by atoms with Gasteiger partial charge in [0.25, 0.3) is 0 Å². The van der Waals surface area contributed by atoms with Gasteiger partial charge in [0, 0.05) is 18.8 Å². The molecule has 2 rings (SSSR count). The number of carbonyl (C=O) groups is 1. The highest BCUT2D eigenvalue weighted by atomic mass is 19.4. The van der Waals surface area contributed by atoms with E-state index in [1.807, 2.05) is 37.3 Å². The summed E-state index contributed by atoms with van der Waals surface area (Å²) in [6.07, 6.45) is -4.36. The molecule has 134 valence electrons. The van der Waals surface area contributed by atoms with E-state index < -0.39 is 11.7 Å². The maximum Gasteiger partial charge on any atom is 0.416 e. The summed E-state index contributed by atoms with van der Waals surface area (Å²) in [4.78, 5) is 15.9. The first kappa shape index (κ1) is 19.0. The predicted octanol–water partition coefficient (Wildman–Crippen LogP) is 4.19. The molecule has 0 aromatic heterocycles. The second-order valence-corrected chi connectivity index (χ2v) is 5.84. The zero-order valence-corrected chi connectivity index (χ0v) is 14.3. The molecule has 0 radical (unpaired) electrons. The molecule has 25 heavy (non-hydrogen) atoms. The molecule has 3 nitrogen and oxygen atoms in total. The highest BCUT2D eigenvalue weighted by Gasteiger charge is 2.30. The van der Waals surface area contributed by atoms with Gasteiger partial charge in [-0.25, -0.2) is 0 Å². The first-order chi connectivity index (χ1) is 11.8. The molecule has 0 fully saturated rings. The summed E-state index contributed by atoms with van der Waals surface area (Å²) >= 11 is 0. The number of nitrogens with zero attached hydrogens (tertiary/aromatic N) is 2. The summed E-state index contributed by atoms with van der Waals surface area (Å²) in [6, 6.07) is 14.5. The van der Waals surface area contributed by atoms with Crippen molar-refractivity contribution in [2.24, 2.45) is 0 Å². The third-order valence-electron chi connectivity index (χ3n) is 3.80. The maximum atomic E-state index is 12.8. The quantitative estimate of drug-likeness (QED) is 0.780. The van der Waals surface area contributed by atoms with Gasteiger partial charge < -0.3 is 4.90 Å². The molecular weight excluding hydrogens is 329 g/mol. The number of anilines is 1. The molecule has 6 heteroatoms. The second kappa shape index (κ2) is 8.16. The molecule has 0 aliphatic heterocycles. The molecule has 0 N–H and O–H groups in total. The topological polar surface area (TPSA) is 23.6 Å². The molecular formula is C19H21F3N2O. The highest BCUT2D eigenvalue weighted by Crippen LogP contribution is 2.29. The largest absolute Gasteiger partial charge is 0.416 e. The number of halogens is 3. The SMILES string of the molecule is CCN(C(=O)CN(C)Cc1cccc(C(F)(F)F)c1)c1ccccc1. The van der Waals surface area contributed by atoms with Crippen LogP contribution in [0.25, 0.3) is 0 Å². The van der Waals surface area contributed by atoms with Gasteiger partial charge in [-0.15, -0.1) is 0 Å². The van der Waals surface area contributed by atoms with Crippen LogP contribution in [0.15, 0.2) is 54.6 Å². The van der Waals surface area contributed by atoms with Crippen molar-refractivity contribution < 1.29 is 18.0 Å². The molecule has 0 aliphatic rings. The van der Waals surface area contributed by atoms with Crippen molar-refractivity contribution in [3.8, 4) is 0 Å². The standard InChI is InChI=1S/C19H21F3N2O/c1-3-24(17-10-5-4-6-11-17)18(25)14-23(2)13-15-8-7-9-16(12-15)19(20,21)22/h4-12H,3,13-14H2,1-2H3. The predicted molar refractivity (Wildman–Crippen MR) is 92.2 cm³/mol. The molecule has 0 spiro atoms. The van der Waals surface area contributed by atoms with Crippen LogP contribution in [0, 0.1) is 0 Å². The Morgan fingerprint density at radius 1 is 1.04 bits per heavy atom. The summed E-state index contributed by atoms with van der Waals surface area (Å²) in [7, 11) is 1.72. The van der Waals surface area contributed by atoms with Crippen LogP contribution in [0.3, 0.4) is 0 Å². The van der Waals surface area contributed by atoms with Crippen LogP contribution < -0.4 is 4.90 Å². The molecule has 0 unspecified atom stereocenters. The molecule has 0 atom stereocenters. The van der Waals surface area contributed by atoms with Crippen LogP contribution in [-0.4, -0.2) is 30.9 Å². The lowest BCUT2D eigenvalue weighted by atomic mass is 10.1. The third-order valence-corrected chi connectivity index (χ3v) is 3.80. The van der Waals surface area contributed by atoms with Gasteiger partial charge in [0.1, 0.15) is 0 Å². The smallest absolute Gasteiger partial charge is 0.312 e. The van der Waals surface area contributed by atoms with Crippen molar-refractivity contribution in [3.63, 3.8) is 0 Å². The minimum absolute atomic E-state index is 0.0943. The Labute approximate surface area is 145 Å². The fraction of sp³-hybridized carbons (Fsp3) is 0.316. The van der Waals surface area contributed by atoms with Gasteiger partial charge in [-0.05, 0) is 37.7 Å². The first-order valence-corrected chi connectivity index (χ1v) is 8.01. The summed E-state index contributed by atoms with van der Waals surface area (Å²) in [5, 5.41) is 0. The Balaban J connectivity index is 2.02. The summed E-state index contributed by atoms with van der Waals surface area (Å²) < 4.78 is 38.3. The molecule has 2 aromatic carbocycles. The fourth-order valence-electron chi connectivity index (χ4n) is 2.64. The van der Waals surface area contributed by atoms with E-state index in [0.717, 1.165) is 17.8 Å². The van der Waals surface area contributed by atoms with E-state index >= 15 is 0 Å². The van der Waals surface area contributed by atoms with E-state index in [1.54, 1.807) is 22.9 Å². The number of alkyl halides is 3.